The van der Waals surface area contributed by atoms with Crippen molar-refractivity contribution >= 4 is 23.2 Å². The van der Waals surface area contributed by atoms with Crippen LogP contribution in [0, 0.1) is 20.8 Å². The minimum atomic E-state index is -0.168. The van der Waals surface area contributed by atoms with Gasteiger partial charge >= 0.3 is 0 Å². The van der Waals surface area contributed by atoms with Crippen LogP contribution in [0.5, 0.6) is 0 Å². The SMILES string of the molecule is Cc1nc(N)ncc1C(=O)NCCCc1nc(C)c(C)s1. The van der Waals surface area contributed by atoms with Crippen molar-refractivity contribution in [3.63, 3.8) is 0 Å². The van der Waals surface area contributed by atoms with Crippen molar-refractivity contribution in [2.24, 2.45) is 0 Å². The number of aromatic nitrogens is 3. The molecule has 0 aliphatic rings. The molecule has 112 valence electrons. The Morgan fingerprint density at radius 3 is 2.67 bits per heavy atom. The summed E-state index contributed by atoms with van der Waals surface area (Å²) in [6.07, 6.45) is 3.18. The van der Waals surface area contributed by atoms with Crippen molar-refractivity contribution in [3.8, 4) is 0 Å². The van der Waals surface area contributed by atoms with E-state index in [0.29, 0.717) is 17.8 Å². The van der Waals surface area contributed by atoms with Gasteiger partial charge < -0.3 is 11.1 Å². The molecule has 7 heteroatoms. The van der Waals surface area contributed by atoms with Gasteiger partial charge in [-0.1, -0.05) is 0 Å². The van der Waals surface area contributed by atoms with E-state index in [1.165, 1.54) is 11.1 Å². The van der Waals surface area contributed by atoms with Gasteiger partial charge in [-0.3, -0.25) is 4.79 Å². The number of hydrogen-bond donors (Lipinski definition) is 2. The second-order valence-electron chi connectivity index (χ2n) is 4.84. The molecule has 0 saturated heterocycles. The number of aryl methyl sites for hydroxylation is 4. The molecule has 0 unspecified atom stereocenters. The zero-order valence-electron chi connectivity index (χ0n) is 12.4. The zero-order valence-corrected chi connectivity index (χ0v) is 13.3. The van der Waals surface area contributed by atoms with E-state index in [4.69, 9.17) is 5.73 Å². The standard InChI is InChI=1S/C14H19N5OS/c1-8-10(3)21-12(18-8)5-4-6-16-13(20)11-7-17-14(15)19-9(11)2/h7H,4-6H2,1-3H3,(H,16,20)(H2,15,17,19). The van der Waals surface area contributed by atoms with E-state index in [2.05, 4.69) is 27.2 Å². The van der Waals surface area contributed by atoms with Gasteiger partial charge in [-0.2, -0.15) is 0 Å². The molecule has 0 atom stereocenters. The van der Waals surface area contributed by atoms with Crippen molar-refractivity contribution in [1.82, 2.24) is 20.3 Å². The Morgan fingerprint density at radius 1 is 1.29 bits per heavy atom. The van der Waals surface area contributed by atoms with Crippen LogP contribution in [0.4, 0.5) is 5.95 Å². The van der Waals surface area contributed by atoms with Gasteiger partial charge in [0, 0.05) is 24.0 Å². The molecule has 0 aliphatic heterocycles. The summed E-state index contributed by atoms with van der Waals surface area (Å²) < 4.78 is 0. The van der Waals surface area contributed by atoms with Crippen LogP contribution in [0.15, 0.2) is 6.20 Å². The predicted octanol–water partition coefficient (Wildman–Crippen LogP) is 1.80. The Labute approximate surface area is 127 Å². The molecule has 0 spiro atoms. The fourth-order valence-electron chi connectivity index (χ4n) is 1.89. The minimum Gasteiger partial charge on any atom is -0.368 e. The number of carbonyl (C=O) groups excluding carboxylic acids is 1. The summed E-state index contributed by atoms with van der Waals surface area (Å²) in [5.74, 6) is 0.0116. The Kier molecular flexibility index (Phi) is 4.85. The lowest BCUT2D eigenvalue weighted by Gasteiger charge is -2.06. The monoisotopic (exact) mass is 305 g/mol. The molecule has 21 heavy (non-hydrogen) atoms. The fraction of sp³-hybridized carbons (Fsp3) is 0.429. The smallest absolute Gasteiger partial charge is 0.254 e. The molecule has 0 aliphatic carbocycles. The average molecular weight is 305 g/mol. The van der Waals surface area contributed by atoms with Gasteiger partial charge in [0.05, 0.1) is 22.0 Å². The van der Waals surface area contributed by atoms with Crippen LogP contribution in [0.1, 0.15) is 38.1 Å². The first-order valence-electron chi connectivity index (χ1n) is 6.77. The van der Waals surface area contributed by atoms with Crippen LogP contribution in [-0.2, 0) is 6.42 Å². The quantitative estimate of drug-likeness (QED) is 0.822. The Balaban J connectivity index is 1.81. The summed E-state index contributed by atoms with van der Waals surface area (Å²) in [6.45, 7) is 6.43. The first kappa shape index (κ1) is 15.4. The topological polar surface area (TPSA) is 93.8 Å². The number of nitrogens with two attached hydrogens (primary N) is 1. The maximum atomic E-state index is 12.0. The predicted molar refractivity (Wildman–Crippen MR) is 83.4 cm³/mol. The lowest BCUT2D eigenvalue weighted by atomic mass is 10.2. The molecule has 3 N–H and O–H groups in total. The Morgan fingerprint density at radius 2 is 2.05 bits per heavy atom. The number of rotatable bonds is 5. The molecule has 0 fully saturated rings. The summed E-state index contributed by atoms with van der Waals surface area (Å²) >= 11 is 1.72. The summed E-state index contributed by atoms with van der Waals surface area (Å²) in [5.41, 5.74) is 7.61. The molecule has 2 heterocycles. The largest absolute Gasteiger partial charge is 0.368 e. The number of nitrogens with zero attached hydrogens (tertiary/aromatic N) is 3. The van der Waals surface area contributed by atoms with Gasteiger partial charge in [0.2, 0.25) is 5.95 Å². The molecular formula is C14H19N5OS. The highest BCUT2D eigenvalue weighted by atomic mass is 32.1. The normalized spacial score (nSPS) is 10.6. The number of carbonyl (C=O) groups is 1. The highest BCUT2D eigenvalue weighted by molar-refractivity contribution is 7.11. The third-order valence-corrected chi connectivity index (χ3v) is 4.30. The van der Waals surface area contributed by atoms with Crippen molar-refractivity contribution in [2.45, 2.75) is 33.6 Å². The van der Waals surface area contributed by atoms with Crippen LogP contribution < -0.4 is 11.1 Å². The fourth-order valence-corrected chi connectivity index (χ4v) is 2.87. The summed E-state index contributed by atoms with van der Waals surface area (Å²) in [5, 5.41) is 3.98. The lowest BCUT2D eigenvalue weighted by Crippen LogP contribution is -2.26. The van der Waals surface area contributed by atoms with E-state index in [9.17, 15) is 4.79 Å². The number of nitrogens with one attached hydrogen (secondary N) is 1. The second kappa shape index (κ2) is 6.62. The molecule has 0 saturated carbocycles. The number of thiazole rings is 1. The van der Waals surface area contributed by atoms with Crippen molar-refractivity contribution in [1.29, 1.82) is 0 Å². The number of nitrogen functional groups attached to an aromatic ring is 1. The van der Waals surface area contributed by atoms with E-state index in [0.717, 1.165) is 23.5 Å². The molecular weight excluding hydrogens is 286 g/mol. The Bertz CT molecular complexity index is 633. The molecule has 0 bridgehead atoms. The van der Waals surface area contributed by atoms with Gasteiger partial charge in [0.1, 0.15) is 0 Å². The van der Waals surface area contributed by atoms with Crippen LogP contribution in [0.2, 0.25) is 0 Å². The molecule has 0 radical (unpaired) electrons. The third kappa shape index (κ3) is 3.98. The lowest BCUT2D eigenvalue weighted by molar-refractivity contribution is 0.0952. The molecule has 2 aromatic heterocycles. The molecule has 6 nitrogen and oxygen atoms in total. The third-order valence-electron chi connectivity index (χ3n) is 3.17. The van der Waals surface area contributed by atoms with E-state index >= 15 is 0 Å². The van der Waals surface area contributed by atoms with E-state index in [1.807, 2.05) is 6.92 Å². The van der Waals surface area contributed by atoms with Gasteiger partial charge in [-0.05, 0) is 27.2 Å². The number of amides is 1. The summed E-state index contributed by atoms with van der Waals surface area (Å²) in [4.78, 5) is 25.6. The first-order chi connectivity index (χ1) is 9.97. The highest BCUT2D eigenvalue weighted by Crippen LogP contribution is 2.17. The summed E-state index contributed by atoms with van der Waals surface area (Å²) in [7, 11) is 0. The van der Waals surface area contributed by atoms with Gasteiger partial charge in [0.15, 0.2) is 0 Å². The first-order valence-corrected chi connectivity index (χ1v) is 7.59. The molecule has 2 aromatic rings. The average Bonchev–Trinajstić information content (AvgIpc) is 2.73. The minimum absolute atomic E-state index is 0.168. The van der Waals surface area contributed by atoms with Crippen LogP contribution in [0.3, 0.4) is 0 Å². The number of anilines is 1. The van der Waals surface area contributed by atoms with Gasteiger partial charge in [0.25, 0.3) is 5.91 Å². The van der Waals surface area contributed by atoms with Crippen LogP contribution in [-0.4, -0.2) is 27.4 Å². The van der Waals surface area contributed by atoms with Crippen molar-refractivity contribution in [3.05, 3.63) is 33.0 Å². The maximum Gasteiger partial charge on any atom is 0.254 e. The van der Waals surface area contributed by atoms with Crippen molar-refractivity contribution < 1.29 is 4.79 Å². The molecule has 1 amide bonds. The maximum absolute atomic E-state index is 12.0. The molecule has 0 aromatic carbocycles. The van der Waals surface area contributed by atoms with Gasteiger partial charge in [-0.25, -0.2) is 15.0 Å². The second-order valence-corrected chi connectivity index (χ2v) is 6.12. The van der Waals surface area contributed by atoms with Crippen LogP contribution >= 0.6 is 11.3 Å². The zero-order chi connectivity index (χ0) is 15.4. The number of hydrogen-bond acceptors (Lipinski definition) is 6. The van der Waals surface area contributed by atoms with E-state index < -0.39 is 0 Å². The Hall–Kier alpha value is -2.02. The highest BCUT2D eigenvalue weighted by Gasteiger charge is 2.10. The molecule has 2 rings (SSSR count). The van der Waals surface area contributed by atoms with Gasteiger partial charge in [-0.15, -0.1) is 11.3 Å². The summed E-state index contributed by atoms with van der Waals surface area (Å²) in [6, 6.07) is 0. The van der Waals surface area contributed by atoms with E-state index in [-0.39, 0.29) is 11.9 Å². The van der Waals surface area contributed by atoms with Crippen LogP contribution in [0.25, 0.3) is 0 Å². The van der Waals surface area contributed by atoms with Crippen molar-refractivity contribution in [2.75, 3.05) is 12.3 Å². The van der Waals surface area contributed by atoms with E-state index in [1.54, 1.807) is 18.3 Å².